The summed E-state index contributed by atoms with van der Waals surface area (Å²) in [5, 5.41) is 9.44. The Bertz CT molecular complexity index is 2620. The highest BCUT2D eigenvalue weighted by atomic mass is 19.1. The molecule has 65 heavy (non-hydrogen) atoms. The minimum absolute atomic E-state index is 0.00551. The molecule has 2 aromatic carbocycles. The van der Waals surface area contributed by atoms with Gasteiger partial charge in [0.05, 0.1) is 24.4 Å². The van der Waals surface area contributed by atoms with Crippen molar-refractivity contribution < 1.29 is 46.4 Å². The van der Waals surface area contributed by atoms with Crippen LogP contribution in [0.4, 0.5) is 30.4 Å². The minimum Gasteiger partial charge on any atom is -0.474 e. The number of benzene rings is 2. The normalized spacial score (nSPS) is 24.8. The molecule has 10 rings (SSSR count). The zero-order chi connectivity index (χ0) is 45.0. The molecule has 17 heteroatoms. The Morgan fingerprint density at radius 3 is 2.48 bits per heavy atom. The van der Waals surface area contributed by atoms with E-state index in [1.807, 2.05) is 11.8 Å². The molecule has 6 aliphatic rings. The van der Waals surface area contributed by atoms with Gasteiger partial charge in [-0.2, -0.15) is 0 Å². The van der Waals surface area contributed by atoms with Crippen LogP contribution in [0.5, 0.6) is 5.88 Å². The van der Waals surface area contributed by atoms with Crippen LogP contribution in [0.15, 0.2) is 42.7 Å². The fourth-order valence-corrected chi connectivity index (χ4v) is 10.4. The van der Waals surface area contributed by atoms with E-state index in [0.717, 1.165) is 49.8 Å². The number of pyridine rings is 2. The summed E-state index contributed by atoms with van der Waals surface area (Å²) in [6, 6.07) is 7.23. The number of aromatic nitrogens is 2. The third kappa shape index (κ3) is 8.38. The van der Waals surface area contributed by atoms with Crippen molar-refractivity contribution in [2.24, 2.45) is 5.92 Å². The van der Waals surface area contributed by atoms with E-state index in [2.05, 4.69) is 36.7 Å². The lowest BCUT2D eigenvalue weighted by atomic mass is 9.87. The first-order valence-electron chi connectivity index (χ1n) is 22.8. The molecule has 14 nitrogen and oxygen atoms in total. The molecule has 4 amide bonds. The van der Waals surface area contributed by atoms with Crippen molar-refractivity contribution in [3.05, 3.63) is 71.1 Å². The first-order chi connectivity index (χ1) is 31.4. The molecular weight excluding hydrogens is 842 g/mol. The van der Waals surface area contributed by atoms with Gasteiger partial charge in [-0.25, -0.2) is 27.7 Å². The van der Waals surface area contributed by atoms with E-state index in [-0.39, 0.29) is 67.3 Å². The van der Waals surface area contributed by atoms with E-state index in [1.165, 1.54) is 17.2 Å². The highest BCUT2D eigenvalue weighted by Gasteiger charge is 2.45. The lowest BCUT2D eigenvalue weighted by Gasteiger charge is -2.37. The largest absolute Gasteiger partial charge is 0.474 e. The standard InChI is InChI=1S/C48H51F3N8O6/c1-27-35(24-54-45-43(27)52-14-19-64-45)34-20-29-22-40(53-23-30(29)21-37(34)49)55-47(63)48(51)12-17-57(18-13-48)25-28-2-4-31(5-3-28)65-32-10-15-58(16-11-32)38-7-6-33-36(42(38)50)26-59(46(33)62)39-8-9-41(60)56-44(39)61/h6-7,20-25,28,31-32,39,52H,2-5,8-19,26H2,1H3,(H-,53,55,56,60,61,63)/p+1. The van der Waals surface area contributed by atoms with Crippen molar-refractivity contribution >= 4 is 57.8 Å². The Hall–Kier alpha value is -6.10. The Balaban J connectivity index is 0.684. The second kappa shape index (κ2) is 17.4. The predicted molar refractivity (Wildman–Crippen MR) is 236 cm³/mol. The maximum Gasteiger partial charge on any atom is 0.263 e. The molecule has 2 aromatic heterocycles. The number of ether oxygens (including phenoxy) is 2. The van der Waals surface area contributed by atoms with Gasteiger partial charge in [-0.05, 0) is 93.2 Å². The third-order valence-electron chi connectivity index (χ3n) is 14.2. The van der Waals surface area contributed by atoms with Gasteiger partial charge in [-0.3, -0.25) is 24.5 Å². The van der Waals surface area contributed by atoms with Gasteiger partial charge >= 0.3 is 0 Å². The smallest absolute Gasteiger partial charge is 0.263 e. The van der Waals surface area contributed by atoms with Crippen molar-refractivity contribution in [1.82, 2.24) is 20.2 Å². The summed E-state index contributed by atoms with van der Waals surface area (Å²) in [5.41, 5.74) is 1.44. The molecular formula is C48H52F3N8O6+. The molecule has 0 radical (unpaired) electrons. The SMILES string of the molecule is Cc1c(-c2cc3cc(NC(=O)C4(F)CC[N+](=CC5CCC(OC6CCN(c7ccc8c(c7F)CN(C7CCC(=O)NC7=O)C8=O)CC6)CC5)CC4)ncc3cc2F)cnc2c1NCCO2. The number of hydrogen-bond acceptors (Lipinski definition) is 10. The molecule has 1 atom stereocenters. The number of fused-ring (bicyclic) bond motifs is 3. The van der Waals surface area contributed by atoms with E-state index in [0.29, 0.717) is 78.7 Å². The number of piperidine rings is 3. The number of halogens is 3. The highest BCUT2D eigenvalue weighted by molar-refractivity contribution is 6.05. The number of amides is 4. The number of rotatable bonds is 8. The summed E-state index contributed by atoms with van der Waals surface area (Å²) < 4.78 is 61.9. The van der Waals surface area contributed by atoms with Crippen LogP contribution in [0.25, 0.3) is 21.9 Å². The first-order valence-corrected chi connectivity index (χ1v) is 22.8. The van der Waals surface area contributed by atoms with Crippen molar-refractivity contribution in [1.29, 1.82) is 0 Å². The van der Waals surface area contributed by atoms with E-state index in [1.54, 1.807) is 30.5 Å². The second-order valence-corrected chi connectivity index (χ2v) is 18.3. The maximum absolute atomic E-state index is 16.2. The topological polar surface area (TPSA) is 158 Å². The molecule has 3 saturated heterocycles. The van der Waals surface area contributed by atoms with E-state index in [9.17, 15) is 19.2 Å². The molecule has 1 saturated carbocycles. The summed E-state index contributed by atoms with van der Waals surface area (Å²) in [4.78, 5) is 62.6. The van der Waals surface area contributed by atoms with Crippen LogP contribution in [0.3, 0.4) is 0 Å². The third-order valence-corrected chi connectivity index (χ3v) is 14.2. The lowest BCUT2D eigenvalue weighted by molar-refractivity contribution is -0.540. The molecule has 1 aliphatic carbocycles. The first kappa shape index (κ1) is 42.8. The van der Waals surface area contributed by atoms with E-state index in [4.69, 9.17) is 9.47 Å². The monoisotopic (exact) mass is 893 g/mol. The summed E-state index contributed by atoms with van der Waals surface area (Å²) in [5.74, 6) is -1.88. The van der Waals surface area contributed by atoms with Crippen LogP contribution in [0.1, 0.15) is 85.7 Å². The molecule has 4 fully saturated rings. The predicted octanol–water partition coefficient (Wildman–Crippen LogP) is 6.22. The number of carbonyl (C=O) groups excluding carboxylic acids is 4. The average molecular weight is 894 g/mol. The molecule has 1 unspecified atom stereocenters. The van der Waals surface area contributed by atoms with Crippen LogP contribution in [0, 0.1) is 24.5 Å². The zero-order valence-electron chi connectivity index (χ0n) is 36.3. The van der Waals surface area contributed by atoms with Crippen molar-refractivity contribution in [3.8, 4) is 17.0 Å². The van der Waals surface area contributed by atoms with Gasteiger partial charge in [0, 0.05) is 84.8 Å². The van der Waals surface area contributed by atoms with Gasteiger partial charge < -0.3 is 29.9 Å². The van der Waals surface area contributed by atoms with Gasteiger partial charge in [0.15, 0.2) is 5.82 Å². The second-order valence-electron chi connectivity index (χ2n) is 18.3. The molecule has 5 aliphatic heterocycles. The van der Waals surface area contributed by atoms with Crippen LogP contribution in [-0.2, 0) is 25.7 Å². The Labute approximate surface area is 373 Å². The average Bonchev–Trinajstić information content (AvgIpc) is 3.64. The zero-order valence-corrected chi connectivity index (χ0v) is 36.3. The van der Waals surface area contributed by atoms with Gasteiger partial charge in [-0.15, -0.1) is 0 Å². The van der Waals surface area contributed by atoms with Crippen LogP contribution in [0.2, 0.25) is 0 Å². The van der Waals surface area contributed by atoms with Crippen molar-refractivity contribution in [3.63, 3.8) is 0 Å². The van der Waals surface area contributed by atoms with E-state index >= 15 is 13.2 Å². The number of nitrogens with one attached hydrogen (secondary N) is 3. The number of hydrogen-bond donors (Lipinski definition) is 3. The van der Waals surface area contributed by atoms with Gasteiger partial charge in [0.25, 0.3) is 11.8 Å². The van der Waals surface area contributed by atoms with Gasteiger partial charge in [0.2, 0.25) is 23.4 Å². The molecule has 3 N–H and O–H groups in total. The number of alkyl halides is 1. The molecule has 4 aromatic rings. The minimum atomic E-state index is -2.05. The summed E-state index contributed by atoms with van der Waals surface area (Å²) in [6.07, 6.45) is 11.1. The fourth-order valence-electron chi connectivity index (χ4n) is 10.4. The fraction of sp³-hybridized carbons (Fsp3) is 0.479. The summed E-state index contributed by atoms with van der Waals surface area (Å²) >= 11 is 0. The number of anilines is 3. The lowest BCUT2D eigenvalue weighted by Crippen LogP contribution is -2.52. The molecule has 0 spiro atoms. The van der Waals surface area contributed by atoms with Gasteiger partial charge in [-0.1, -0.05) is 0 Å². The molecule has 7 heterocycles. The van der Waals surface area contributed by atoms with E-state index < -0.39 is 41.1 Å². The van der Waals surface area contributed by atoms with Crippen LogP contribution >= 0.6 is 0 Å². The summed E-state index contributed by atoms with van der Waals surface area (Å²) in [7, 11) is 0. The number of nitrogens with zero attached hydrogens (tertiary/aromatic N) is 5. The quantitative estimate of drug-likeness (QED) is 0.137. The number of imide groups is 1. The Kier molecular flexibility index (Phi) is 11.4. The Morgan fingerprint density at radius 2 is 1.71 bits per heavy atom. The number of carbonyl (C=O) groups is 4. The summed E-state index contributed by atoms with van der Waals surface area (Å²) in [6.45, 7) is 5.06. The van der Waals surface area contributed by atoms with Crippen LogP contribution in [-0.4, -0.2) is 113 Å². The van der Waals surface area contributed by atoms with Crippen molar-refractivity contribution in [2.75, 3.05) is 54.9 Å². The maximum atomic E-state index is 16.2. The molecule has 0 bridgehead atoms. The highest BCUT2D eigenvalue weighted by Crippen LogP contribution is 2.39. The van der Waals surface area contributed by atoms with Crippen molar-refractivity contribution in [2.45, 2.75) is 102 Å². The van der Waals surface area contributed by atoms with Crippen LogP contribution < -0.4 is 25.6 Å². The molecule has 340 valence electrons. The van der Waals surface area contributed by atoms with Gasteiger partial charge in [0.1, 0.15) is 49.3 Å². The Morgan fingerprint density at radius 1 is 0.938 bits per heavy atom.